The average molecular weight is 400 g/mol. The van der Waals surface area contributed by atoms with Crippen LogP contribution < -0.4 is 16.0 Å². The zero-order valence-electron chi connectivity index (χ0n) is 14.3. The van der Waals surface area contributed by atoms with Crippen LogP contribution in [0.3, 0.4) is 0 Å². The molecule has 0 saturated heterocycles. The van der Waals surface area contributed by atoms with Gasteiger partial charge in [-0.2, -0.15) is 0 Å². The van der Waals surface area contributed by atoms with Crippen molar-refractivity contribution in [3.05, 3.63) is 64.4 Å². The zero-order valence-corrected chi connectivity index (χ0v) is 15.0. The topological polar surface area (TPSA) is 70.2 Å². The van der Waals surface area contributed by atoms with Crippen LogP contribution >= 0.6 is 11.6 Å². The minimum Gasteiger partial charge on any atom is -0.331 e. The number of hydrogen-bond acceptors (Lipinski definition) is 2. The van der Waals surface area contributed by atoms with E-state index in [0.717, 1.165) is 11.6 Å². The summed E-state index contributed by atoms with van der Waals surface area (Å²) in [4.78, 5) is 23.8. The van der Waals surface area contributed by atoms with Crippen LogP contribution in [-0.4, -0.2) is 18.5 Å². The molecule has 144 valence electrons. The SMILES string of the molecule is CCC(NC(=O)NCC(=O)Nc1ccc(F)c(F)c1F)c1cccc(Cl)c1. The molecule has 2 rings (SSSR count). The number of carbonyl (C=O) groups excluding carboxylic acids is 2. The lowest BCUT2D eigenvalue weighted by Gasteiger charge is -2.18. The molecular formula is C18H17ClF3N3O2. The highest BCUT2D eigenvalue weighted by Gasteiger charge is 2.17. The normalized spacial score (nSPS) is 11.6. The van der Waals surface area contributed by atoms with E-state index in [2.05, 4.69) is 16.0 Å². The van der Waals surface area contributed by atoms with E-state index in [1.807, 2.05) is 6.92 Å². The molecular weight excluding hydrogens is 383 g/mol. The van der Waals surface area contributed by atoms with Crippen molar-refractivity contribution in [1.29, 1.82) is 0 Å². The van der Waals surface area contributed by atoms with Crippen LogP contribution in [0.1, 0.15) is 24.9 Å². The van der Waals surface area contributed by atoms with Crippen molar-refractivity contribution in [2.24, 2.45) is 0 Å². The van der Waals surface area contributed by atoms with Crippen molar-refractivity contribution in [2.75, 3.05) is 11.9 Å². The van der Waals surface area contributed by atoms with Gasteiger partial charge in [-0.15, -0.1) is 0 Å². The highest BCUT2D eigenvalue weighted by Crippen LogP contribution is 2.20. The van der Waals surface area contributed by atoms with Crippen molar-refractivity contribution >= 4 is 29.2 Å². The van der Waals surface area contributed by atoms with Crippen LogP contribution in [0.15, 0.2) is 36.4 Å². The van der Waals surface area contributed by atoms with Gasteiger partial charge >= 0.3 is 6.03 Å². The highest BCUT2D eigenvalue weighted by molar-refractivity contribution is 6.30. The summed E-state index contributed by atoms with van der Waals surface area (Å²) in [7, 11) is 0. The quantitative estimate of drug-likeness (QED) is 0.639. The first kappa shape index (κ1) is 20.6. The number of hydrogen-bond donors (Lipinski definition) is 3. The molecule has 0 radical (unpaired) electrons. The second-order valence-corrected chi connectivity index (χ2v) is 6.05. The van der Waals surface area contributed by atoms with Gasteiger partial charge in [0.1, 0.15) is 0 Å². The van der Waals surface area contributed by atoms with Gasteiger partial charge in [0.15, 0.2) is 17.5 Å². The molecule has 3 amide bonds. The van der Waals surface area contributed by atoms with Gasteiger partial charge in [0.05, 0.1) is 18.3 Å². The van der Waals surface area contributed by atoms with Crippen LogP contribution in [0.5, 0.6) is 0 Å². The Morgan fingerprint density at radius 2 is 1.85 bits per heavy atom. The second-order valence-electron chi connectivity index (χ2n) is 5.61. The number of rotatable bonds is 6. The zero-order chi connectivity index (χ0) is 20.0. The smallest absolute Gasteiger partial charge is 0.315 e. The van der Waals surface area contributed by atoms with E-state index < -0.39 is 41.6 Å². The van der Waals surface area contributed by atoms with Gasteiger partial charge < -0.3 is 16.0 Å². The van der Waals surface area contributed by atoms with Crippen LogP contribution in [0.2, 0.25) is 5.02 Å². The third-order valence-corrected chi connectivity index (χ3v) is 3.92. The molecule has 2 aromatic rings. The monoisotopic (exact) mass is 399 g/mol. The summed E-state index contributed by atoms with van der Waals surface area (Å²) in [6.45, 7) is 1.38. The molecule has 0 aliphatic rings. The predicted molar refractivity (Wildman–Crippen MR) is 96.0 cm³/mol. The number of amides is 3. The Hall–Kier alpha value is -2.74. The Kier molecular flexibility index (Phi) is 7.06. The minimum atomic E-state index is -1.69. The minimum absolute atomic E-state index is 0.324. The lowest BCUT2D eigenvalue weighted by molar-refractivity contribution is -0.115. The second kappa shape index (κ2) is 9.27. The molecule has 0 fully saturated rings. The Morgan fingerprint density at radius 3 is 2.52 bits per heavy atom. The molecule has 0 heterocycles. The third-order valence-electron chi connectivity index (χ3n) is 3.68. The van der Waals surface area contributed by atoms with E-state index in [1.165, 1.54) is 0 Å². The molecule has 5 nitrogen and oxygen atoms in total. The molecule has 0 aliphatic carbocycles. The molecule has 0 spiro atoms. The Labute approximate surface area is 158 Å². The number of halogens is 4. The van der Waals surface area contributed by atoms with Gasteiger partial charge in [-0.25, -0.2) is 18.0 Å². The Bertz CT molecular complexity index is 849. The largest absolute Gasteiger partial charge is 0.331 e. The molecule has 1 atom stereocenters. The summed E-state index contributed by atoms with van der Waals surface area (Å²) in [5, 5.41) is 7.59. The van der Waals surface area contributed by atoms with Crippen molar-refractivity contribution in [2.45, 2.75) is 19.4 Å². The van der Waals surface area contributed by atoms with Gasteiger partial charge in [0, 0.05) is 5.02 Å². The maximum atomic E-state index is 13.5. The molecule has 3 N–H and O–H groups in total. The molecule has 0 bridgehead atoms. The fourth-order valence-corrected chi connectivity index (χ4v) is 2.53. The van der Waals surface area contributed by atoms with Crippen LogP contribution in [-0.2, 0) is 4.79 Å². The van der Waals surface area contributed by atoms with Crippen molar-refractivity contribution in [1.82, 2.24) is 10.6 Å². The van der Waals surface area contributed by atoms with Gasteiger partial charge in [-0.1, -0.05) is 30.7 Å². The number of urea groups is 1. The summed E-state index contributed by atoms with van der Waals surface area (Å²) in [6.07, 6.45) is 0.583. The van der Waals surface area contributed by atoms with E-state index >= 15 is 0 Å². The summed E-state index contributed by atoms with van der Waals surface area (Å²) in [5.74, 6) is -5.37. The molecule has 27 heavy (non-hydrogen) atoms. The number of nitrogens with one attached hydrogen (secondary N) is 3. The van der Waals surface area contributed by atoms with Crippen molar-refractivity contribution < 1.29 is 22.8 Å². The number of anilines is 1. The molecule has 1 unspecified atom stereocenters. The van der Waals surface area contributed by atoms with E-state index in [1.54, 1.807) is 24.3 Å². The maximum Gasteiger partial charge on any atom is 0.315 e. The van der Waals surface area contributed by atoms with Gasteiger partial charge in [-0.05, 0) is 36.2 Å². The summed E-state index contributed by atoms with van der Waals surface area (Å²) in [6, 6.07) is 7.61. The Morgan fingerprint density at radius 1 is 1.11 bits per heavy atom. The van der Waals surface area contributed by atoms with E-state index in [4.69, 9.17) is 11.6 Å². The van der Waals surface area contributed by atoms with Gasteiger partial charge in [0.2, 0.25) is 5.91 Å². The molecule has 0 aromatic heterocycles. The first-order valence-corrected chi connectivity index (χ1v) is 8.42. The van der Waals surface area contributed by atoms with Gasteiger partial charge in [0.25, 0.3) is 0 Å². The lowest BCUT2D eigenvalue weighted by Crippen LogP contribution is -2.41. The fourth-order valence-electron chi connectivity index (χ4n) is 2.33. The average Bonchev–Trinajstić information content (AvgIpc) is 2.65. The lowest BCUT2D eigenvalue weighted by atomic mass is 10.1. The van der Waals surface area contributed by atoms with Gasteiger partial charge in [-0.3, -0.25) is 4.79 Å². The maximum absolute atomic E-state index is 13.5. The number of benzene rings is 2. The molecule has 9 heteroatoms. The van der Waals surface area contributed by atoms with Crippen molar-refractivity contribution in [3.8, 4) is 0 Å². The van der Waals surface area contributed by atoms with Crippen molar-refractivity contribution in [3.63, 3.8) is 0 Å². The molecule has 0 saturated carbocycles. The first-order valence-electron chi connectivity index (χ1n) is 8.05. The highest BCUT2D eigenvalue weighted by atomic mass is 35.5. The van der Waals surface area contributed by atoms with E-state index in [9.17, 15) is 22.8 Å². The standard InChI is InChI=1S/C18H17ClF3N3O2/c1-2-13(10-4-3-5-11(19)8-10)25-18(27)23-9-15(26)24-14-7-6-12(20)16(21)17(14)22/h3-8,13H,2,9H2,1H3,(H,24,26)(H2,23,25,27). The predicted octanol–water partition coefficient (Wildman–Crippen LogP) is 4.15. The first-order chi connectivity index (χ1) is 12.8. The van der Waals surface area contributed by atoms with E-state index in [0.29, 0.717) is 17.5 Å². The third kappa shape index (κ3) is 5.62. The van der Waals surface area contributed by atoms with Crippen LogP contribution in [0, 0.1) is 17.5 Å². The van der Waals surface area contributed by atoms with E-state index in [-0.39, 0.29) is 6.04 Å². The summed E-state index contributed by atoms with van der Waals surface area (Å²) < 4.78 is 39.5. The molecule has 0 aliphatic heterocycles. The Balaban J connectivity index is 1.89. The van der Waals surface area contributed by atoms with Crippen LogP contribution in [0.25, 0.3) is 0 Å². The number of carbonyl (C=O) groups is 2. The summed E-state index contributed by atoms with van der Waals surface area (Å²) >= 11 is 5.93. The summed E-state index contributed by atoms with van der Waals surface area (Å²) in [5.41, 5.74) is 0.278. The fraction of sp³-hybridized carbons (Fsp3) is 0.222. The molecule has 2 aromatic carbocycles. The van der Waals surface area contributed by atoms with Crippen LogP contribution in [0.4, 0.5) is 23.7 Å².